The first-order valence-electron chi connectivity index (χ1n) is 8.11. The van der Waals surface area contributed by atoms with Crippen molar-refractivity contribution in [3.63, 3.8) is 0 Å². The highest BCUT2D eigenvalue weighted by molar-refractivity contribution is 6.21. The summed E-state index contributed by atoms with van der Waals surface area (Å²) in [4.78, 5) is 22.4. The Labute approximate surface area is 151 Å². The van der Waals surface area contributed by atoms with Crippen molar-refractivity contribution in [1.29, 1.82) is 0 Å². The second kappa shape index (κ2) is 8.44. The zero-order valence-corrected chi connectivity index (χ0v) is 13.9. The van der Waals surface area contributed by atoms with Crippen molar-refractivity contribution in [3.05, 3.63) is 108 Å². The van der Waals surface area contributed by atoms with Crippen LogP contribution in [-0.2, 0) is 0 Å². The van der Waals surface area contributed by atoms with E-state index in [1.54, 1.807) is 24.3 Å². The fourth-order valence-electron chi connectivity index (χ4n) is 2.35. The molecular weight excluding hydrogens is 324 g/mol. The lowest BCUT2D eigenvalue weighted by molar-refractivity contribution is 0.0994. The molecule has 1 aliphatic carbocycles. The Morgan fingerprint density at radius 1 is 0.462 bits per heavy atom. The van der Waals surface area contributed by atoms with Gasteiger partial charge >= 0.3 is 0 Å². The summed E-state index contributed by atoms with van der Waals surface area (Å²) in [7, 11) is 0. The molecule has 0 aliphatic heterocycles. The van der Waals surface area contributed by atoms with Crippen LogP contribution in [0.15, 0.2) is 107 Å². The van der Waals surface area contributed by atoms with Crippen molar-refractivity contribution < 1.29 is 9.59 Å². The van der Waals surface area contributed by atoms with Gasteiger partial charge in [0.15, 0.2) is 11.6 Å². The number of carbonyl (C=O) groups is 2. The number of ketones is 2. The van der Waals surface area contributed by atoms with Gasteiger partial charge < -0.3 is 0 Å². The van der Waals surface area contributed by atoms with Gasteiger partial charge in [0.1, 0.15) is 0 Å². The molecule has 0 N–H and O–H groups in total. The van der Waals surface area contributed by atoms with Gasteiger partial charge in [-0.1, -0.05) is 60.7 Å². The molecule has 4 nitrogen and oxygen atoms in total. The molecule has 0 fully saturated rings. The maximum Gasteiger partial charge on any atom is 0.186 e. The van der Waals surface area contributed by atoms with Gasteiger partial charge in [0, 0.05) is 11.1 Å². The number of azo groups is 1. The summed E-state index contributed by atoms with van der Waals surface area (Å²) in [6.45, 7) is 0. The van der Waals surface area contributed by atoms with Crippen LogP contribution in [0.4, 0.5) is 11.4 Å². The average Bonchev–Trinajstić information content (AvgIpc) is 2.72. The van der Waals surface area contributed by atoms with Crippen LogP contribution in [0.1, 0.15) is 20.7 Å². The number of benzene rings is 3. The SMILES string of the molecule is O=C1C=CC(=O)c2ccccc21.c1ccc(N=Nc2ccccc2)cc1. The molecule has 0 saturated carbocycles. The predicted molar refractivity (Wildman–Crippen MR) is 101 cm³/mol. The van der Waals surface area contributed by atoms with Crippen LogP contribution in [0.2, 0.25) is 0 Å². The quantitative estimate of drug-likeness (QED) is 0.560. The highest BCUT2D eigenvalue weighted by Crippen LogP contribution is 2.17. The molecular formula is C22H16N2O2. The van der Waals surface area contributed by atoms with Crippen LogP contribution in [0.25, 0.3) is 0 Å². The van der Waals surface area contributed by atoms with E-state index in [9.17, 15) is 9.59 Å². The summed E-state index contributed by atoms with van der Waals surface area (Å²) < 4.78 is 0. The molecule has 0 amide bonds. The molecule has 1 aliphatic rings. The number of fused-ring (bicyclic) bond motifs is 1. The van der Waals surface area contributed by atoms with Crippen molar-refractivity contribution in [2.75, 3.05) is 0 Å². The van der Waals surface area contributed by atoms with E-state index in [2.05, 4.69) is 10.2 Å². The number of hydrogen-bond acceptors (Lipinski definition) is 4. The summed E-state index contributed by atoms with van der Waals surface area (Å²) in [5.74, 6) is -0.185. The van der Waals surface area contributed by atoms with Gasteiger partial charge in [0.2, 0.25) is 0 Å². The lowest BCUT2D eigenvalue weighted by Gasteiger charge is -2.06. The molecule has 0 unspecified atom stereocenters. The monoisotopic (exact) mass is 340 g/mol. The normalized spacial score (nSPS) is 12.5. The molecule has 126 valence electrons. The smallest absolute Gasteiger partial charge is 0.186 e. The van der Waals surface area contributed by atoms with E-state index in [0.29, 0.717) is 11.1 Å². The molecule has 3 aromatic rings. The number of nitrogens with zero attached hydrogens (tertiary/aromatic N) is 2. The van der Waals surface area contributed by atoms with E-state index in [4.69, 9.17) is 0 Å². The maximum absolute atomic E-state index is 11.2. The molecule has 0 radical (unpaired) electrons. The van der Waals surface area contributed by atoms with E-state index in [0.717, 1.165) is 11.4 Å². The molecule has 0 atom stereocenters. The first-order chi connectivity index (χ1) is 12.7. The topological polar surface area (TPSA) is 58.9 Å². The Bertz CT molecular complexity index is 883. The second-order valence-electron chi connectivity index (χ2n) is 5.48. The predicted octanol–water partition coefficient (Wildman–Crippen LogP) is 5.72. The third-order valence-electron chi connectivity index (χ3n) is 3.64. The highest BCUT2D eigenvalue weighted by atomic mass is 16.1. The molecule has 3 aromatic carbocycles. The Kier molecular flexibility index (Phi) is 5.58. The van der Waals surface area contributed by atoms with E-state index in [-0.39, 0.29) is 11.6 Å². The molecule has 0 aromatic heterocycles. The van der Waals surface area contributed by atoms with Crippen molar-refractivity contribution in [1.82, 2.24) is 0 Å². The summed E-state index contributed by atoms with van der Waals surface area (Å²) >= 11 is 0. The molecule has 4 rings (SSSR count). The number of allylic oxidation sites excluding steroid dienone is 2. The zero-order chi connectivity index (χ0) is 18.2. The van der Waals surface area contributed by atoms with Crippen molar-refractivity contribution in [3.8, 4) is 0 Å². The van der Waals surface area contributed by atoms with Gasteiger partial charge in [-0.15, -0.1) is 0 Å². The molecule has 0 heterocycles. The van der Waals surface area contributed by atoms with Crippen molar-refractivity contribution in [2.45, 2.75) is 0 Å². The van der Waals surface area contributed by atoms with Crippen molar-refractivity contribution >= 4 is 22.9 Å². The minimum absolute atomic E-state index is 0.0924. The lowest BCUT2D eigenvalue weighted by Crippen LogP contribution is -2.10. The summed E-state index contributed by atoms with van der Waals surface area (Å²) in [6, 6.07) is 26.2. The lowest BCUT2D eigenvalue weighted by atomic mass is 9.95. The van der Waals surface area contributed by atoms with E-state index in [1.165, 1.54) is 12.2 Å². The highest BCUT2D eigenvalue weighted by Gasteiger charge is 2.16. The Morgan fingerprint density at radius 3 is 1.19 bits per heavy atom. The van der Waals surface area contributed by atoms with Crippen LogP contribution in [-0.4, -0.2) is 11.6 Å². The van der Waals surface area contributed by atoms with Crippen molar-refractivity contribution in [2.24, 2.45) is 10.2 Å². The first kappa shape index (κ1) is 17.2. The fourth-order valence-corrected chi connectivity index (χ4v) is 2.35. The van der Waals surface area contributed by atoms with Gasteiger partial charge in [-0.3, -0.25) is 9.59 Å². The van der Waals surface area contributed by atoms with Gasteiger partial charge in [-0.25, -0.2) is 0 Å². The van der Waals surface area contributed by atoms with Gasteiger partial charge in [0.05, 0.1) is 11.4 Å². The maximum atomic E-state index is 11.2. The van der Waals surface area contributed by atoms with Gasteiger partial charge in [-0.2, -0.15) is 10.2 Å². The zero-order valence-electron chi connectivity index (χ0n) is 13.9. The summed E-state index contributed by atoms with van der Waals surface area (Å²) in [6.07, 6.45) is 2.62. The first-order valence-corrected chi connectivity index (χ1v) is 8.11. The van der Waals surface area contributed by atoms with E-state index >= 15 is 0 Å². The van der Waals surface area contributed by atoms with Crippen LogP contribution in [0.5, 0.6) is 0 Å². The molecule has 0 spiro atoms. The van der Waals surface area contributed by atoms with Crippen LogP contribution in [0.3, 0.4) is 0 Å². The van der Waals surface area contributed by atoms with Crippen LogP contribution >= 0.6 is 0 Å². The molecule has 0 saturated heterocycles. The second-order valence-corrected chi connectivity index (χ2v) is 5.48. The third kappa shape index (κ3) is 4.45. The van der Waals surface area contributed by atoms with Gasteiger partial charge in [-0.05, 0) is 36.4 Å². The van der Waals surface area contributed by atoms with Crippen LogP contribution in [0, 0.1) is 0 Å². The Hall–Kier alpha value is -3.66. The Morgan fingerprint density at radius 2 is 0.808 bits per heavy atom. The molecule has 4 heteroatoms. The minimum atomic E-state index is -0.0924. The molecule has 26 heavy (non-hydrogen) atoms. The number of carbonyl (C=O) groups excluding carboxylic acids is 2. The standard InChI is InChI=1S/C12H10N2.C10H6O2/c1-3-7-11(8-4-1)13-14-12-9-5-2-6-10-12;11-9-5-6-10(12)8-4-2-1-3-7(8)9/h1-10H;1-6H. The average molecular weight is 340 g/mol. The summed E-state index contributed by atoms with van der Waals surface area (Å²) in [5, 5.41) is 8.20. The number of rotatable bonds is 2. The van der Waals surface area contributed by atoms with E-state index in [1.807, 2.05) is 60.7 Å². The van der Waals surface area contributed by atoms with Crippen LogP contribution < -0.4 is 0 Å². The van der Waals surface area contributed by atoms with Gasteiger partial charge in [0.25, 0.3) is 0 Å². The Balaban J connectivity index is 0.000000152. The number of hydrogen-bond donors (Lipinski definition) is 0. The summed E-state index contributed by atoms with van der Waals surface area (Å²) in [5.41, 5.74) is 2.75. The minimum Gasteiger partial charge on any atom is -0.289 e. The molecule has 0 bridgehead atoms. The fraction of sp³-hybridized carbons (Fsp3) is 0. The van der Waals surface area contributed by atoms with E-state index < -0.39 is 0 Å². The third-order valence-corrected chi connectivity index (χ3v) is 3.64. The largest absolute Gasteiger partial charge is 0.289 e.